The van der Waals surface area contributed by atoms with Crippen molar-refractivity contribution >= 4 is 23.5 Å². The molecule has 2 aliphatic heterocycles. The maximum atomic E-state index is 12.8. The summed E-state index contributed by atoms with van der Waals surface area (Å²) >= 11 is 0. The minimum absolute atomic E-state index is 0.174. The van der Waals surface area contributed by atoms with Gasteiger partial charge in [0.2, 0.25) is 11.8 Å². The van der Waals surface area contributed by atoms with Crippen molar-refractivity contribution in [1.29, 1.82) is 0 Å². The number of carbonyl (C=O) groups excluding carboxylic acids is 2. The molecule has 0 aromatic heterocycles. The molecule has 2 bridgehead atoms. The van der Waals surface area contributed by atoms with Crippen LogP contribution in [-0.4, -0.2) is 45.9 Å². The molecule has 1 aromatic rings. The van der Waals surface area contributed by atoms with Gasteiger partial charge in [0.05, 0.1) is 23.9 Å². The zero-order valence-corrected chi connectivity index (χ0v) is 13.2. The van der Waals surface area contributed by atoms with Crippen molar-refractivity contribution in [3.8, 4) is 0 Å². The Morgan fingerprint density at radius 2 is 1.62 bits per heavy atom. The number of hydrogen-bond donors (Lipinski definition) is 1. The highest BCUT2D eigenvalue weighted by molar-refractivity contribution is 6.09. The molecule has 6 nitrogen and oxygen atoms in total. The molecule has 1 N–H and O–H groups in total. The molecule has 4 aliphatic rings. The summed E-state index contributed by atoms with van der Waals surface area (Å²) in [5.41, 5.74) is 1.15. The first kappa shape index (κ1) is 14.0. The number of anilines is 1. The van der Waals surface area contributed by atoms with E-state index in [0.717, 1.165) is 17.0 Å². The Morgan fingerprint density at radius 1 is 1.08 bits per heavy atom. The second kappa shape index (κ2) is 4.37. The third-order valence-corrected chi connectivity index (χ3v) is 6.48. The largest absolute Gasteiger partial charge is 0.480 e. The van der Waals surface area contributed by atoms with E-state index < -0.39 is 12.0 Å². The third kappa shape index (κ3) is 1.49. The van der Waals surface area contributed by atoms with E-state index in [4.69, 9.17) is 0 Å². The lowest BCUT2D eigenvalue weighted by Crippen LogP contribution is -2.44. The maximum Gasteiger partial charge on any atom is 0.326 e. The fourth-order valence-electron chi connectivity index (χ4n) is 5.57. The van der Waals surface area contributed by atoms with E-state index in [1.165, 1.54) is 6.92 Å². The Morgan fingerprint density at radius 3 is 2.12 bits per heavy atom. The molecule has 1 aromatic carbocycles. The number of carboxylic acid groups (broad SMARTS) is 1. The lowest BCUT2D eigenvalue weighted by Gasteiger charge is -2.23. The maximum absolute atomic E-state index is 12.8. The van der Waals surface area contributed by atoms with Crippen LogP contribution in [0.1, 0.15) is 13.3 Å². The van der Waals surface area contributed by atoms with E-state index in [1.54, 1.807) is 0 Å². The van der Waals surface area contributed by atoms with Crippen LogP contribution in [0.2, 0.25) is 0 Å². The smallest absolute Gasteiger partial charge is 0.326 e. The molecule has 2 aliphatic carbocycles. The van der Waals surface area contributed by atoms with Crippen LogP contribution in [0.15, 0.2) is 30.3 Å². The average molecular weight is 326 g/mol. The van der Waals surface area contributed by atoms with E-state index in [1.807, 2.05) is 18.2 Å². The number of aliphatic carboxylic acids is 1. The number of hydrogen-bond acceptors (Lipinski definition) is 4. The average Bonchev–Trinajstić information content (AvgIpc) is 2.92. The first-order valence-corrected chi connectivity index (χ1v) is 8.45. The number of benzene rings is 1. The number of para-hydroxylation sites is 1. The molecule has 24 heavy (non-hydrogen) atoms. The minimum atomic E-state index is -1.12. The fraction of sp³-hybridized carbons (Fsp3) is 0.500. The van der Waals surface area contributed by atoms with E-state index in [0.29, 0.717) is 12.1 Å². The van der Waals surface area contributed by atoms with Gasteiger partial charge in [0.1, 0.15) is 6.04 Å². The van der Waals surface area contributed by atoms with Gasteiger partial charge in [0, 0.05) is 5.69 Å². The van der Waals surface area contributed by atoms with Gasteiger partial charge in [-0.25, -0.2) is 4.79 Å². The van der Waals surface area contributed by atoms with Gasteiger partial charge in [-0.3, -0.25) is 14.5 Å². The summed E-state index contributed by atoms with van der Waals surface area (Å²) in [4.78, 5) is 40.1. The molecule has 0 radical (unpaired) electrons. The molecule has 2 saturated carbocycles. The molecule has 2 amide bonds. The number of imide groups is 1. The van der Waals surface area contributed by atoms with Gasteiger partial charge < -0.3 is 10.0 Å². The normalized spacial score (nSPS) is 39.9. The summed E-state index contributed by atoms with van der Waals surface area (Å²) in [5.74, 6) is -1.96. The molecule has 124 valence electrons. The SMILES string of the molecule is CC(C(=O)O)N1C(=O)C2C3CC(C2C1=O)C1C3N1c1ccccc1. The molecule has 5 rings (SSSR count). The van der Waals surface area contributed by atoms with Crippen molar-refractivity contribution in [3.05, 3.63) is 30.3 Å². The zero-order valence-electron chi connectivity index (χ0n) is 13.2. The third-order valence-electron chi connectivity index (χ3n) is 6.48. The highest BCUT2D eigenvalue weighted by Gasteiger charge is 2.76. The Labute approximate surface area is 139 Å². The predicted molar refractivity (Wildman–Crippen MR) is 84.0 cm³/mol. The van der Waals surface area contributed by atoms with Crippen LogP contribution >= 0.6 is 0 Å². The van der Waals surface area contributed by atoms with Gasteiger partial charge in [0.25, 0.3) is 0 Å². The van der Waals surface area contributed by atoms with Crippen LogP contribution in [0.4, 0.5) is 5.69 Å². The molecule has 7 atom stereocenters. The summed E-state index contributed by atoms with van der Waals surface area (Å²) in [7, 11) is 0. The molecule has 2 heterocycles. The molecule has 7 unspecified atom stereocenters. The number of nitrogens with zero attached hydrogens (tertiary/aromatic N) is 2. The highest BCUT2D eigenvalue weighted by Crippen LogP contribution is 2.66. The lowest BCUT2D eigenvalue weighted by molar-refractivity contribution is -0.154. The topological polar surface area (TPSA) is 77.7 Å². The van der Waals surface area contributed by atoms with E-state index in [-0.39, 0.29) is 35.5 Å². The van der Waals surface area contributed by atoms with Gasteiger partial charge in [0.15, 0.2) is 0 Å². The fourth-order valence-corrected chi connectivity index (χ4v) is 5.57. The molecule has 4 fully saturated rings. The molecule has 2 saturated heterocycles. The Bertz CT molecular complexity index is 730. The first-order valence-electron chi connectivity index (χ1n) is 8.45. The number of piperidine rings is 1. The van der Waals surface area contributed by atoms with Gasteiger partial charge in [-0.15, -0.1) is 0 Å². The molecule has 0 spiro atoms. The van der Waals surface area contributed by atoms with Gasteiger partial charge in [-0.1, -0.05) is 18.2 Å². The quantitative estimate of drug-likeness (QED) is 0.661. The zero-order chi connectivity index (χ0) is 16.7. The van der Waals surface area contributed by atoms with Crippen molar-refractivity contribution in [2.45, 2.75) is 31.5 Å². The Kier molecular flexibility index (Phi) is 2.55. The van der Waals surface area contributed by atoms with Crippen LogP contribution in [0.5, 0.6) is 0 Å². The molecule has 6 heteroatoms. The van der Waals surface area contributed by atoms with E-state index >= 15 is 0 Å². The van der Waals surface area contributed by atoms with Crippen LogP contribution in [0.3, 0.4) is 0 Å². The van der Waals surface area contributed by atoms with Gasteiger partial charge in [-0.05, 0) is 37.3 Å². The highest BCUT2D eigenvalue weighted by atomic mass is 16.4. The van der Waals surface area contributed by atoms with Crippen LogP contribution in [-0.2, 0) is 14.4 Å². The molecular formula is C18H18N2O4. The van der Waals surface area contributed by atoms with Crippen molar-refractivity contribution in [2.75, 3.05) is 4.90 Å². The second-order valence-electron chi connectivity index (χ2n) is 7.40. The number of amides is 2. The first-order chi connectivity index (χ1) is 11.5. The predicted octanol–water partition coefficient (Wildman–Crippen LogP) is 0.968. The number of likely N-dealkylation sites (tertiary alicyclic amines) is 1. The Hall–Kier alpha value is -2.37. The minimum Gasteiger partial charge on any atom is -0.480 e. The molecular weight excluding hydrogens is 308 g/mol. The van der Waals surface area contributed by atoms with Crippen LogP contribution in [0.25, 0.3) is 0 Å². The number of fused-ring (bicyclic) bond motifs is 8. The van der Waals surface area contributed by atoms with Crippen molar-refractivity contribution < 1.29 is 19.5 Å². The Balaban J connectivity index is 1.45. The van der Waals surface area contributed by atoms with Gasteiger partial charge >= 0.3 is 5.97 Å². The van der Waals surface area contributed by atoms with E-state index in [9.17, 15) is 19.5 Å². The number of carbonyl (C=O) groups is 3. The monoisotopic (exact) mass is 326 g/mol. The summed E-state index contributed by atoms with van der Waals surface area (Å²) in [5, 5.41) is 9.19. The lowest BCUT2D eigenvalue weighted by atomic mass is 9.81. The van der Waals surface area contributed by atoms with Crippen LogP contribution < -0.4 is 4.90 Å². The van der Waals surface area contributed by atoms with Crippen molar-refractivity contribution in [3.63, 3.8) is 0 Å². The van der Waals surface area contributed by atoms with Crippen molar-refractivity contribution in [1.82, 2.24) is 4.90 Å². The van der Waals surface area contributed by atoms with E-state index in [2.05, 4.69) is 17.0 Å². The second-order valence-corrected chi connectivity index (χ2v) is 7.40. The van der Waals surface area contributed by atoms with Crippen LogP contribution in [0, 0.1) is 23.7 Å². The number of carboxylic acids is 1. The number of rotatable bonds is 3. The summed E-state index contributed by atoms with van der Waals surface area (Å²) in [6.45, 7) is 1.41. The van der Waals surface area contributed by atoms with Crippen molar-refractivity contribution in [2.24, 2.45) is 23.7 Å². The van der Waals surface area contributed by atoms with Gasteiger partial charge in [-0.2, -0.15) is 0 Å². The standard InChI is InChI=1S/C18H18N2O4/c1-8(18(23)24)19-16(21)12-10-7-11(13(12)17(19)22)15-14(10)20(15)9-5-3-2-4-6-9/h2-6,8,10-15H,7H2,1H3,(H,23,24). The summed E-state index contributed by atoms with van der Waals surface area (Å²) in [6.07, 6.45) is 0.917. The summed E-state index contributed by atoms with van der Waals surface area (Å²) in [6, 6.07) is 9.69. The summed E-state index contributed by atoms with van der Waals surface area (Å²) < 4.78 is 0.